The molecule has 5 nitrogen and oxygen atoms in total. The van der Waals surface area contributed by atoms with Crippen LogP contribution in [0.4, 0.5) is 5.69 Å². The van der Waals surface area contributed by atoms with Crippen LogP contribution >= 0.6 is 23.6 Å². The van der Waals surface area contributed by atoms with E-state index in [0.717, 1.165) is 16.3 Å². The number of para-hydroxylation sites is 1. The van der Waals surface area contributed by atoms with Gasteiger partial charge < -0.3 is 15.5 Å². The lowest BCUT2D eigenvalue weighted by Gasteiger charge is -2.26. The average molecular weight is 409 g/mol. The first-order valence-electron chi connectivity index (χ1n) is 9.01. The van der Waals surface area contributed by atoms with Crippen molar-refractivity contribution in [2.75, 3.05) is 11.9 Å². The molecule has 1 amide bonds. The van der Waals surface area contributed by atoms with Crippen LogP contribution in [0.1, 0.15) is 27.5 Å². The van der Waals surface area contributed by atoms with Crippen LogP contribution in [0.25, 0.3) is 0 Å². The summed E-state index contributed by atoms with van der Waals surface area (Å²) in [5.41, 5.74) is 1.68. The average Bonchev–Trinajstić information content (AvgIpc) is 3.26. The molecule has 4 rings (SSSR count). The van der Waals surface area contributed by atoms with Crippen LogP contribution in [0.15, 0.2) is 66.9 Å². The number of hydrogen-bond donors (Lipinski definition) is 2. The van der Waals surface area contributed by atoms with E-state index in [2.05, 4.69) is 34.7 Å². The molecule has 0 bridgehead atoms. The van der Waals surface area contributed by atoms with E-state index in [1.165, 1.54) is 4.88 Å². The number of anilines is 1. The number of benzene rings is 1. The van der Waals surface area contributed by atoms with E-state index in [0.29, 0.717) is 5.11 Å². The van der Waals surface area contributed by atoms with Crippen molar-refractivity contribution in [3.8, 4) is 0 Å². The maximum atomic E-state index is 12.7. The number of rotatable bonds is 5. The number of nitrogens with one attached hydrogen (secondary N) is 2. The number of amides is 1. The first-order valence-corrected chi connectivity index (χ1v) is 10.2. The lowest BCUT2D eigenvalue weighted by atomic mass is 10.0. The largest absolute Gasteiger partial charge is 0.352 e. The fourth-order valence-corrected chi connectivity index (χ4v) is 4.71. The number of thiocarbonyl (C=S) groups is 1. The van der Waals surface area contributed by atoms with Crippen molar-refractivity contribution in [1.82, 2.24) is 15.2 Å². The fourth-order valence-electron chi connectivity index (χ4n) is 3.37. The van der Waals surface area contributed by atoms with E-state index in [1.54, 1.807) is 17.5 Å². The van der Waals surface area contributed by atoms with E-state index >= 15 is 0 Å². The molecule has 2 atom stereocenters. The maximum absolute atomic E-state index is 12.7. The molecule has 0 unspecified atom stereocenters. The molecule has 0 spiro atoms. The second kappa shape index (κ2) is 8.08. The Kier molecular flexibility index (Phi) is 5.36. The van der Waals surface area contributed by atoms with Crippen LogP contribution in [0.3, 0.4) is 0 Å². The third-order valence-electron chi connectivity index (χ3n) is 4.62. The molecule has 1 aliphatic heterocycles. The third-order valence-corrected chi connectivity index (χ3v) is 6.05. The summed E-state index contributed by atoms with van der Waals surface area (Å²) in [6.07, 6.45) is 1.78. The Hall–Kier alpha value is -2.77. The summed E-state index contributed by atoms with van der Waals surface area (Å²) >= 11 is 7.32. The van der Waals surface area contributed by atoms with E-state index in [-0.39, 0.29) is 24.5 Å². The Morgan fingerprint density at radius 1 is 1.18 bits per heavy atom. The summed E-state index contributed by atoms with van der Waals surface area (Å²) in [7, 11) is 0. The normalized spacial score (nSPS) is 18.8. The van der Waals surface area contributed by atoms with Crippen molar-refractivity contribution in [2.24, 2.45) is 0 Å². The molecule has 28 heavy (non-hydrogen) atoms. The number of thiophene rings is 1. The van der Waals surface area contributed by atoms with E-state index in [1.807, 2.05) is 53.4 Å². The molecule has 0 aliphatic carbocycles. The molecular formula is C21H20N4OS2. The summed E-state index contributed by atoms with van der Waals surface area (Å²) in [6.45, 7) is 2.25. The summed E-state index contributed by atoms with van der Waals surface area (Å²) in [5.74, 6) is -0.102. The van der Waals surface area contributed by atoms with Gasteiger partial charge in [0.2, 0.25) is 5.91 Å². The number of aromatic nitrogens is 1. The lowest BCUT2D eigenvalue weighted by Crippen LogP contribution is -2.36. The van der Waals surface area contributed by atoms with Gasteiger partial charge in [0.25, 0.3) is 0 Å². The first-order chi connectivity index (χ1) is 13.6. The Labute approximate surface area is 173 Å². The molecule has 3 aromatic rings. The zero-order chi connectivity index (χ0) is 19.5. The molecule has 3 heterocycles. The number of pyridine rings is 1. The standard InChI is InChI=1S/C21H20N4OS2/c1-14-10-11-17(28-14)20-19(16-9-5-6-12-22-16)24-21(27)25(20)13-18(26)23-15-7-3-2-4-8-15/h2-12,19-20H,13H2,1H3,(H,23,26)(H,24,27)/t19-,20+/m0/s1. The quantitative estimate of drug-likeness (QED) is 0.624. The molecule has 1 aromatic carbocycles. The Morgan fingerprint density at radius 2 is 1.96 bits per heavy atom. The predicted octanol–water partition coefficient (Wildman–Crippen LogP) is 4.06. The fraction of sp³-hybridized carbons (Fsp3) is 0.190. The van der Waals surface area contributed by atoms with Crippen LogP contribution < -0.4 is 10.6 Å². The monoisotopic (exact) mass is 408 g/mol. The Morgan fingerprint density at radius 3 is 2.64 bits per heavy atom. The van der Waals surface area contributed by atoms with Gasteiger partial charge in [0, 0.05) is 21.6 Å². The minimum Gasteiger partial charge on any atom is -0.352 e. The highest BCUT2D eigenvalue weighted by atomic mass is 32.1. The highest BCUT2D eigenvalue weighted by Gasteiger charge is 2.41. The van der Waals surface area contributed by atoms with Crippen LogP contribution in [-0.2, 0) is 4.79 Å². The number of carbonyl (C=O) groups is 1. The first kappa shape index (κ1) is 18.6. The molecule has 1 fully saturated rings. The van der Waals surface area contributed by atoms with Gasteiger partial charge in [-0.1, -0.05) is 24.3 Å². The second-order valence-corrected chi connectivity index (χ2v) is 8.32. The van der Waals surface area contributed by atoms with E-state index in [4.69, 9.17) is 12.2 Å². The molecule has 2 aromatic heterocycles. The Balaban J connectivity index is 1.61. The van der Waals surface area contributed by atoms with Crippen LogP contribution in [0.2, 0.25) is 0 Å². The van der Waals surface area contributed by atoms with E-state index in [9.17, 15) is 4.79 Å². The lowest BCUT2D eigenvalue weighted by molar-refractivity contribution is -0.116. The van der Waals surface area contributed by atoms with Crippen molar-refractivity contribution in [2.45, 2.75) is 19.0 Å². The maximum Gasteiger partial charge on any atom is 0.244 e. The number of carbonyl (C=O) groups excluding carboxylic acids is 1. The molecule has 0 saturated carbocycles. The van der Waals surface area contributed by atoms with Gasteiger partial charge in [-0.2, -0.15) is 0 Å². The van der Waals surface area contributed by atoms with E-state index < -0.39 is 0 Å². The van der Waals surface area contributed by atoms with Gasteiger partial charge >= 0.3 is 0 Å². The molecule has 2 N–H and O–H groups in total. The van der Waals surface area contributed by atoms with Crippen LogP contribution in [0, 0.1) is 6.92 Å². The summed E-state index contributed by atoms with van der Waals surface area (Å²) < 4.78 is 0. The highest BCUT2D eigenvalue weighted by molar-refractivity contribution is 7.80. The highest BCUT2D eigenvalue weighted by Crippen LogP contribution is 2.41. The van der Waals surface area contributed by atoms with Crippen molar-refractivity contribution < 1.29 is 4.79 Å². The van der Waals surface area contributed by atoms with Gasteiger partial charge in [-0.15, -0.1) is 11.3 Å². The number of nitrogens with zero attached hydrogens (tertiary/aromatic N) is 2. The number of aryl methyl sites for hydroxylation is 1. The van der Waals surface area contributed by atoms with Gasteiger partial charge in [-0.05, 0) is 55.5 Å². The second-order valence-electron chi connectivity index (χ2n) is 6.62. The molecule has 1 saturated heterocycles. The zero-order valence-electron chi connectivity index (χ0n) is 15.3. The molecule has 0 radical (unpaired) electrons. The van der Waals surface area contributed by atoms with Crippen LogP contribution in [0.5, 0.6) is 0 Å². The molecule has 1 aliphatic rings. The van der Waals surface area contributed by atoms with Crippen molar-refractivity contribution in [1.29, 1.82) is 0 Å². The topological polar surface area (TPSA) is 57.3 Å². The Bertz CT molecular complexity index is 974. The van der Waals surface area contributed by atoms with Crippen molar-refractivity contribution in [3.63, 3.8) is 0 Å². The third kappa shape index (κ3) is 3.90. The minimum atomic E-state index is -0.102. The minimum absolute atomic E-state index is 0.0809. The molecule has 142 valence electrons. The summed E-state index contributed by atoms with van der Waals surface area (Å²) in [6, 6.07) is 19.3. The van der Waals surface area contributed by atoms with Crippen LogP contribution in [-0.4, -0.2) is 27.4 Å². The smallest absolute Gasteiger partial charge is 0.244 e. The van der Waals surface area contributed by atoms with Gasteiger partial charge in [-0.25, -0.2) is 0 Å². The van der Waals surface area contributed by atoms with Crippen molar-refractivity contribution in [3.05, 3.63) is 82.3 Å². The van der Waals surface area contributed by atoms with Gasteiger partial charge in [-0.3, -0.25) is 9.78 Å². The van der Waals surface area contributed by atoms with Gasteiger partial charge in [0.1, 0.15) is 6.54 Å². The zero-order valence-corrected chi connectivity index (χ0v) is 17.0. The SMILES string of the molecule is Cc1ccc([C@@H]2[C@H](c3ccccn3)NC(=S)N2CC(=O)Nc2ccccc2)s1. The van der Waals surface area contributed by atoms with Gasteiger partial charge in [0.15, 0.2) is 5.11 Å². The predicted molar refractivity (Wildman–Crippen MR) is 116 cm³/mol. The summed E-state index contributed by atoms with van der Waals surface area (Å²) in [5, 5.41) is 6.87. The molecule has 7 heteroatoms. The van der Waals surface area contributed by atoms with Crippen molar-refractivity contribution >= 4 is 40.3 Å². The van der Waals surface area contributed by atoms with Gasteiger partial charge in [0.05, 0.1) is 17.8 Å². The molecular weight excluding hydrogens is 388 g/mol. The number of hydrogen-bond acceptors (Lipinski definition) is 4. The summed E-state index contributed by atoms with van der Waals surface area (Å²) in [4.78, 5) is 21.5.